The van der Waals surface area contributed by atoms with Crippen molar-refractivity contribution in [2.24, 2.45) is 0 Å². The Bertz CT molecular complexity index is 372. The average Bonchev–Trinajstić information content (AvgIpc) is 2.28. The van der Waals surface area contributed by atoms with E-state index in [4.69, 9.17) is 6.42 Å². The largest absolute Gasteiger partial charge is 0.310 e. The summed E-state index contributed by atoms with van der Waals surface area (Å²) in [5, 5.41) is 3.56. The van der Waals surface area contributed by atoms with Gasteiger partial charge in [0.15, 0.2) is 0 Å². The molecule has 1 atom stereocenters. The standard InChI is InChI=1S/C15H20BrN/c1-4-6-7-15(17-8-5-2)13-9-12(3)10-14(16)11-13/h1,9-11,15,17H,5-8H2,2-3H3. The predicted octanol–water partition coefficient (Wildman–Crippen LogP) is 4.21. The van der Waals surface area contributed by atoms with Gasteiger partial charge in [0.25, 0.3) is 0 Å². The quantitative estimate of drug-likeness (QED) is 0.775. The zero-order valence-electron chi connectivity index (χ0n) is 10.6. The molecule has 1 rings (SSSR count). The van der Waals surface area contributed by atoms with Crippen LogP contribution in [0.1, 0.15) is 43.4 Å². The maximum atomic E-state index is 5.36. The molecule has 1 N–H and O–H groups in total. The molecule has 0 bridgehead atoms. The summed E-state index contributed by atoms with van der Waals surface area (Å²) in [6.45, 7) is 5.32. The van der Waals surface area contributed by atoms with Crippen molar-refractivity contribution >= 4 is 15.9 Å². The van der Waals surface area contributed by atoms with Gasteiger partial charge in [-0.05, 0) is 49.6 Å². The van der Waals surface area contributed by atoms with Crippen LogP contribution in [0, 0.1) is 19.3 Å². The highest BCUT2D eigenvalue weighted by Crippen LogP contribution is 2.23. The number of benzene rings is 1. The number of nitrogens with one attached hydrogen (secondary N) is 1. The Hall–Kier alpha value is -0.780. The molecule has 0 radical (unpaired) electrons. The van der Waals surface area contributed by atoms with Crippen LogP contribution in [0.3, 0.4) is 0 Å². The van der Waals surface area contributed by atoms with Crippen LogP contribution in [0.25, 0.3) is 0 Å². The van der Waals surface area contributed by atoms with Crippen LogP contribution < -0.4 is 5.32 Å². The summed E-state index contributed by atoms with van der Waals surface area (Å²) >= 11 is 3.55. The van der Waals surface area contributed by atoms with Gasteiger partial charge >= 0.3 is 0 Å². The third-order valence-corrected chi connectivity index (χ3v) is 3.14. The molecular weight excluding hydrogens is 274 g/mol. The number of halogens is 1. The average molecular weight is 294 g/mol. The second-order valence-electron chi connectivity index (χ2n) is 4.31. The van der Waals surface area contributed by atoms with Gasteiger partial charge in [-0.1, -0.05) is 28.9 Å². The highest BCUT2D eigenvalue weighted by Gasteiger charge is 2.10. The number of aryl methyl sites for hydroxylation is 1. The second-order valence-corrected chi connectivity index (χ2v) is 5.23. The first-order valence-electron chi connectivity index (χ1n) is 6.11. The Labute approximate surface area is 113 Å². The Kier molecular flexibility index (Phi) is 6.32. The number of hydrogen-bond acceptors (Lipinski definition) is 1. The van der Waals surface area contributed by atoms with Gasteiger partial charge in [-0.15, -0.1) is 12.3 Å². The normalized spacial score (nSPS) is 12.1. The summed E-state index contributed by atoms with van der Waals surface area (Å²) in [5.41, 5.74) is 2.60. The van der Waals surface area contributed by atoms with Gasteiger partial charge in [0.2, 0.25) is 0 Å². The van der Waals surface area contributed by atoms with Crippen molar-refractivity contribution in [1.29, 1.82) is 0 Å². The van der Waals surface area contributed by atoms with Crippen molar-refractivity contribution < 1.29 is 0 Å². The highest BCUT2D eigenvalue weighted by molar-refractivity contribution is 9.10. The first kappa shape index (κ1) is 14.3. The summed E-state index contributed by atoms with van der Waals surface area (Å²) in [6, 6.07) is 6.90. The molecule has 0 saturated heterocycles. The van der Waals surface area contributed by atoms with Crippen LogP contribution >= 0.6 is 15.9 Å². The van der Waals surface area contributed by atoms with Gasteiger partial charge in [0.05, 0.1) is 0 Å². The molecule has 0 aliphatic carbocycles. The van der Waals surface area contributed by atoms with Crippen LogP contribution in [0.15, 0.2) is 22.7 Å². The molecule has 0 saturated carbocycles. The monoisotopic (exact) mass is 293 g/mol. The van der Waals surface area contributed by atoms with E-state index in [1.165, 1.54) is 11.1 Å². The minimum atomic E-state index is 0.363. The Morgan fingerprint density at radius 1 is 1.41 bits per heavy atom. The van der Waals surface area contributed by atoms with E-state index < -0.39 is 0 Å². The molecule has 0 fully saturated rings. The van der Waals surface area contributed by atoms with E-state index in [0.29, 0.717) is 6.04 Å². The first-order valence-corrected chi connectivity index (χ1v) is 6.90. The molecule has 0 amide bonds. The fraction of sp³-hybridized carbons (Fsp3) is 0.467. The summed E-state index contributed by atoms with van der Waals surface area (Å²) < 4.78 is 1.14. The van der Waals surface area contributed by atoms with Gasteiger partial charge < -0.3 is 5.32 Å². The van der Waals surface area contributed by atoms with Crippen molar-refractivity contribution in [2.45, 2.75) is 39.2 Å². The Balaban J connectivity index is 2.83. The van der Waals surface area contributed by atoms with Crippen LogP contribution in [-0.4, -0.2) is 6.54 Å². The topological polar surface area (TPSA) is 12.0 Å². The molecule has 17 heavy (non-hydrogen) atoms. The fourth-order valence-corrected chi connectivity index (χ4v) is 2.52. The van der Waals surface area contributed by atoms with E-state index in [2.05, 4.69) is 59.2 Å². The van der Waals surface area contributed by atoms with Gasteiger partial charge in [-0.3, -0.25) is 0 Å². The molecule has 0 aromatic heterocycles. The third-order valence-electron chi connectivity index (χ3n) is 2.68. The van der Waals surface area contributed by atoms with E-state index in [9.17, 15) is 0 Å². The lowest BCUT2D eigenvalue weighted by atomic mass is 10.00. The predicted molar refractivity (Wildman–Crippen MR) is 78.0 cm³/mol. The lowest BCUT2D eigenvalue weighted by Crippen LogP contribution is -2.22. The smallest absolute Gasteiger partial charge is 0.0329 e. The minimum Gasteiger partial charge on any atom is -0.310 e. The lowest BCUT2D eigenvalue weighted by Gasteiger charge is -2.19. The maximum absolute atomic E-state index is 5.36. The lowest BCUT2D eigenvalue weighted by molar-refractivity contribution is 0.505. The molecule has 0 spiro atoms. The molecule has 1 aromatic carbocycles. The molecule has 1 nitrogen and oxygen atoms in total. The third kappa shape index (κ3) is 4.93. The Morgan fingerprint density at radius 3 is 2.76 bits per heavy atom. The summed E-state index contributed by atoms with van der Waals surface area (Å²) in [6.07, 6.45) is 8.30. The second kappa shape index (κ2) is 7.53. The van der Waals surface area contributed by atoms with E-state index in [-0.39, 0.29) is 0 Å². The van der Waals surface area contributed by atoms with E-state index in [1.807, 2.05) is 0 Å². The number of rotatable bonds is 6. The number of hydrogen-bond donors (Lipinski definition) is 1. The molecule has 1 unspecified atom stereocenters. The van der Waals surface area contributed by atoms with E-state index >= 15 is 0 Å². The zero-order valence-corrected chi connectivity index (χ0v) is 12.2. The van der Waals surface area contributed by atoms with E-state index in [0.717, 1.165) is 30.3 Å². The van der Waals surface area contributed by atoms with Crippen molar-refractivity contribution in [3.05, 3.63) is 33.8 Å². The van der Waals surface area contributed by atoms with Gasteiger partial charge in [0.1, 0.15) is 0 Å². The van der Waals surface area contributed by atoms with Gasteiger partial charge in [-0.25, -0.2) is 0 Å². The van der Waals surface area contributed by atoms with Crippen molar-refractivity contribution in [1.82, 2.24) is 5.32 Å². The van der Waals surface area contributed by atoms with Crippen molar-refractivity contribution in [2.75, 3.05) is 6.54 Å². The SMILES string of the molecule is C#CCCC(NCCC)c1cc(C)cc(Br)c1. The molecule has 0 aliphatic heterocycles. The Morgan fingerprint density at radius 2 is 2.18 bits per heavy atom. The van der Waals surface area contributed by atoms with E-state index in [1.54, 1.807) is 0 Å². The molecule has 0 heterocycles. The maximum Gasteiger partial charge on any atom is 0.0329 e. The molecule has 92 valence electrons. The molecule has 2 heteroatoms. The van der Waals surface area contributed by atoms with Gasteiger partial charge in [-0.2, -0.15) is 0 Å². The van der Waals surface area contributed by atoms with Crippen LogP contribution in [0.2, 0.25) is 0 Å². The van der Waals surface area contributed by atoms with Crippen molar-refractivity contribution in [3.8, 4) is 12.3 Å². The summed E-state index contributed by atoms with van der Waals surface area (Å²) in [7, 11) is 0. The van der Waals surface area contributed by atoms with Crippen LogP contribution in [0.5, 0.6) is 0 Å². The fourth-order valence-electron chi connectivity index (χ4n) is 1.90. The molecule has 0 aliphatic rings. The zero-order chi connectivity index (χ0) is 12.7. The molecule has 1 aromatic rings. The summed E-state index contributed by atoms with van der Waals surface area (Å²) in [5.74, 6) is 2.72. The minimum absolute atomic E-state index is 0.363. The highest BCUT2D eigenvalue weighted by atomic mass is 79.9. The van der Waals surface area contributed by atoms with Gasteiger partial charge in [0, 0.05) is 16.9 Å². The van der Waals surface area contributed by atoms with Crippen LogP contribution in [0.4, 0.5) is 0 Å². The molecular formula is C15H20BrN. The van der Waals surface area contributed by atoms with Crippen LogP contribution in [-0.2, 0) is 0 Å². The summed E-state index contributed by atoms with van der Waals surface area (Å²) in [4.78, 5) is 0. The first-order chi connectivity index (χ1) is 8.17. The van der Waals surface area contributed by atoms with Crippen molar-refractivity contribution in [3.63, 3.8) is 0 Å². The number of terminal acetylenes is 1.